The average Bonchev–Trinajstić information content (AvgIpc) is 3.09. The molecule has 1 aliphatic rings. The summed E-state index contributed by atoms with van der Waals surface area (Å²) in [7, 11) is 0. The topological polar surface area (TPSA) is 79.5 Å². The molecule has 1 aliphatic carbocycles. The molecular formula is C11H15N3O2. The van der Waals surface area contributed by atoms with E-state index in [9.17, 15) is 4.79 Å². The van der Waals surface area contributed by atoms with Crippen molar-refractivity contribution in [3.05, 3.63) is 23.9 Å². The Bertz CT molecular complexity index is 391. The molecule has 0 radical (unpaired) electrons. The van der Waals surface area contributed by atoms with Crippen molar-refractivity contribution in [3.8, 4) is 0 Å². The van der Waals surface area contributed by atoms with Gasteiger partial charge in [0, 0.05) is 18.8 Å². The van der Waals surface area contributed by atoms with Crippen LogP contribution in [0.2, 0.25) is 0 Å². The van der Waals surface area contributed by atoms with E-state index in [1.54, 1.807) is 23.2 Å². The number of nitrogens with zero attached hydrogens (tertiary/aromatic N) is 2. The number of pyridine rings is 1. The molecule has 1 saturated carbocycles. The minimum absolute atomic E-state index is 0.0254. The van der Waals surface area contributed by atoms with Crippen LogP contribution in [0.15, 0.2) is 18.3 Å². The quantitative estimate of drug-likeness (QED) is 0.764. The van der Waals surface area contributed by atoms with Crippen LogP contribution in [0.1, 0.15) is 23.2 Å². The number of carbonyl (C=O) groups is 1. The normalized spacial score (nSPS) is 14.8. The highest BCUT2D eigenvalue weighted by Crippen LogP contribution is 2.28. The number of aliphatic hydroxyl groups is 1. The van der Waals surface area contributed by atoms with Crippen LogP contribution in [0, 0.1) is 0 Å². The summed E-state index contributed by atoms with van der Waals surface area (Å²) in [4.78, 5) is 17.7. The van der Waals surface area contributed by atoms with Crippen LogP contribution in [0.4, 0.5) is 5.82 Å². The summed E-state index contributed by atoms with van der Waals surface area (Å²) in [6.45, 7) is 0.334. The minimum Gasteiger partial charge on any atom is -0.395 e. The van der Waals surface area contributed by atoms with E-state index in [-0.39, 0.29) is 24.4 Å². The van der Waals surface area contributed by atoms with Gasteiger partial charge in [0.1, 0.15) is 5.82 Å². The maximum atomic E-state index is 12.1. The number of hydrogen-bond acceptors (Lipinski definition) is 4. The summed E-state index contributed by atoms with van der Waals surface area (Å²) >= 11 is 0. The molecule has 2 rings (SSSR count). The second-order valence-corrected chi connectivity index (χ2v) is 3.89. The van der Waals surface area contributed by atoms with Gasteiger partial charge in [0.2, 0.25) is 0 Å². The van der Waals surface area contributed by atoms with Crippen LogP contribution in [-0.4, -0.2) is 40.1 Å². The zero-order valence-corrected chi connectivity index (χ0v) is 8.97. The summed E-state index contributed by atoms with van der Waals surface area (Å²) in [6, 6.07) is 3.62. The van der Waals surface area contributed by atoms with E-state index in [4.69, 9.17) is 10.8 Å². The fourth-order valence-corrected chi connectivity index (χ4v) is 1.70. The van der Waals surface area contributed by atoms with Gasteiger partial charge >= 0.3 is 0 Å². The molecule has 5 nitrogen and oxygen atoms in total. The van der Waals surface area contributed by atoms with Gasteiger partial charge in [0.15, 0.2) is 0 Å². The van der Waals surface area contributed by atoms with Crippen molar-refractivity contribution >= 4 is 11.7 Å². The molecule has 0 aromatic carbocycles. The SMILES string of the molecule is Nc1ncccc1C(=O)N(CCO)C1CC1. The number of amides is 1. The number of aliphatic hydroxyl groups excluding tert-OH is 1. The smallest absolute Gasteiger partial charge is 0.257 e. The molecular weight excluding hydrogens is 206 g/mol. The zero-order valence-electron chi connectivity index (χ0n) is 8.97. The standard InChI is InChI=1S/C11H15N3O2/c12-10-9(2-1-5-13-10)11(16)14(6-7-15)8-3-4-8/h1-2,5,8,15H,3-4,6-7H2,(H2,12,13). The van der Waals surface area contributed by atoms with Gasteiger partial charge in [-0.1, -0.05) is 0 Å². The summed E-state index contributed by atoms with van der Waals surface area (Å²) in [6.07, 6.45) is 3.57. The Kier molecular flexibility index (Phi) is 3.05. The third kappa shape index (κ3) is 2.14. The molecule has 1 fully saturated rings. The number of carbonyl (C=O) groups excluding carboxylic acids is 1. The Morgan fingerprint density at radius 3 is 2.94 bits per heavy atom. The van der Waals surface area contributed by atoms with Crippen LogP contribution in [0.3, 0.4) is 0 Å². The molecule has 0 atom stereocenters. The largest absolute Gasteiger partial charge is 0.395 e. The van der Waals surface area contributed by atoms with Gasteiger partial charge in [0.05, 0.1) is 12.2 Å². The van der Waals surface area contributed by atoms with Gasteiger partial charge in [-0.15, -0.1) is 0 Å². The van der Waals surface area contributed by atoms with E-state index in [2.05, 4.69) is 4.98 Å². The maximum Gasteiger partial charge on any atom is 0.257 e. The van der Waals surface area contributed by atoms with E-state index >= 15 is 0 Å². The van der Waals surface area contributed by atoms with E-state index in [0.717, 1.165) is 12.8 Å². The maximum absolute atomic E-state index is 12.1. The van der Waals surface area contributed by atoms with Gasteiger partial charge in [0.25, 0.3) is 5.91 Å². The third-order valence-corrected chi connectivity index (χ3v) is 2.66. The molecule has 3 N–H and O–H groups in total. The highest BCUT2D eigenvalue weighted by molar-refractivity contribution is 5.98. The molecule has 0 spiro atoms. The highest BCUT2D eigenvalue weighted by atomic mass is 16.3. The first-order chi connectivity index (χ1) is 7.74. The number of aromatic nitrogens is 1. The number of nitrogen functional groups attached to an aromatic ring is 1. The van der Waals surface area contributed by atoms with Crippen LogP contribution in [0.5, 0.6) is 0 Å². The van der Waals surface area contributed by atoms with Crippen molar-refractivity contribution in [2.45, 2.75) is 18.9 Å². The van der Waals surface area contributed by atoms with Crippen molar-refractivity contribution in [2.75, 3.05) is 18.9 Å². The van der Waals surface area contributed by atoms with Crippen LogP contribution < -0.4 is 5.73 Å². The molecule has 0 unspecified atom stereocenters. The van der Waals surface area contributed by atoms with Gasteiger partial charge in [-0.2, -0.15) is 0 Å². The van der Waals surface area contributed by atoms with E-state index < -0.39 is 0 Å². The Morgan fingerprint density at radius 2 is 2.38 bits per heavy atom. The second-order valence-electron chi connectivity index (χ2n) is 3.89. The first-order valence-corrected chi connectivity index (χ1v) is 5.36. The van der Waals surface area contributed by atoms with Gasteiger partial charge in [-0.25, -0.2) is 4.98 Å². The average molecular weight is 221 g/mol. The zero-order chi connectivity index (χ0) is 11.5. The summed E-state index contributed by atoms with van der Waals surface area (Å²) in [5.74, 6) is 0.109. The fraction of sp³-hybridized carbons (Fsp3) is 0.455. The molecule has 1 aromatic heterocycles. The minimum atomic E-state index is -0.137. The lowest BCUT2D eigenvalue weighted by atomic mass is 10.2. The van der Waals surface area contributed by atoms with E-state index in [1.165, 1.54) is 0 Å². The van der Waals surface area contributed by atoms with Crippen molar-refractivity contribution in [1.29, 1.82) is 0 Å². The van der Waals surface area contributed by atoms with Crippen LogP contribution in [-0.2, 0) is 0 Å². The number of nitrogens with two attached hydrogens (primary N) is 1. The van der Waals surface area contributed by atoms with Gasteiger partial charge in [-0.3, -0.25) is 4.79 Å². The molecule has 86 valence electrons. The molecule has 16 heavy (non-hydrogen) atoms. The van der Waals surface area contributed by atoms with Gasteiger partial charge in [-0.05, 0) is 25.0 Å². The molecule has 1 amide bonds. The van der Waals surface area contributed by atoms with Crippen molar-refractivity contribution in [2.24, 2.45) is 0 Å². The summed E-state index contributed by atoms with van der Waals surface area (Å²) < 4.78 is 0. The lowest BCUT2D eigenvalue weighted by Crippen LogP contribution is -2.36. The Labute approximate surface area is 93.9 Å². The predicted octanol–water partition coefficient (Wildman–Crippen LogP) is 0.261. The predicted molar refractivity (Wildman–Crippen MR) is 59.8 cm³/mol. The monoisotopic (exact) mass is 221 g/mol. The lowest BCUT2D eigenvalue weighted by molar-refractivity contribution is 0.0708. The Morgan fingerprint density at radius 1 is 1.62 bits per heavy atom. The van der Waals surface area contributed by atoms with Crippen molar-refractivity contribution in [3.63, 3.8) is 0 Å². The van der Waals surface area contributed by atoms with E-state index in [0.29, 0.717) is 12.1 Å². The molecule has 0 saturated heterocycles. The molecule has 0 bridgehead atoms. The van der Waals surface area contributed by atoms with Crippen LogP contribution in [0.25, 0.3) is 0 Å². The molecule has 0 aliphatic heterocycles. The first-order valence-electron chi connectivity index (χ1n) is 5.36. The van der Waals surface area contributed by atoms with Crippen molar-refractivity contribution < 1.29 is 9.90 Å². The van der Waals surface area contributed by atoms with Crippen LogP contribution >= 0.6 is 0 Å². The fourth-order valence-electron chi connectivity index (χ4n) is 1.70. The number of hydrogen-bond donors (Lipinski definition) is 2. The first kappa shape index (κ1) is 10.9. The summed E-state index contributed by atoms with van der Waals surface area (Å²) in [5.41, 5.74) is 6.07. The van der Waals surface area contributed by atoms with Crippen molar-refractivity contribution in [1.82, 2.24) is 9.88 Å². The third-order valence-electron chi connectivity index (χ3n) is 2.66. The Balaban J connectivity index is 2.19. The molecule has 1 aromatic rings. The summed E-state index contributed by atoms with van der Waals surface area (Å²) in [5, 5.41) is 8.94. The molecule has 1 heterocycles. The second kappa shape index (κ2) is 4.49. The number of anilines is 1. The Hall–Kier alpha value is -1.62. The van der Waals surface area contributed by atoms with E-state index in [1.807, 2.05) is 0 Å². The molecule has 5 heteroatoms. The number of rotatable bonds is 4. The highest BCUT2D eigenvalue weighted by Gasteiger charge is 2.33. The lowest BCUT2D eigenvalue weighted by Gasteiger charge is -2.21. The van der Waals surface area contributed by atoms with Gasteiger partial charge < -0.3 is 15.7 Å².